The summed E-state index contributed by atoms with van der Waals surface area (Å²) in [6, 6.07) is 8.40. The average Bonchev–Trinajstić information content (AvgIpc) is 2.87. The maximum Gasteiger partial charge on any atom is 0.269 e. The molecule has 0 aliphatic heterocycles. The minimum absolute atomic E-state index is 0.130. The number of aliphatic hydroxyl groups excluding tert-OH is 1. The molecule has 1 heterocycles. The first-order chi connectivity index (χ1) is 8.65. The van der Waals surface area contributed by atoms with Crippen LogP contribution >= 0.6 is 0 Å². The second kappa shape index (κ2) is 4.69. The van der Waals surface area contributed by atoms with E-state index in [1.54, 1.807) is 24.4 Å². The highest BCUT2D eigenvalue weighted by Gasteiger charge is 2.09. The second-order valence-corrected chi connectivity index (χ2v) is 3.63. The summed E-state index contributed by atoms with van der Waals surface area (Å²) in [7, 11) is 0. The van der Waals surface area contributed by atoms with Crippen molar-refractivity contribution in [1.29, 1.82) is 5.26 Å². The van der Waals surface area contributed by atoms with Gasteiger partial charge in [0.15, 0.2) is 0 Å². The Morgan fingerprint density at radius 3 is 2.83 bits per heavy atom. The van der Waals surface area contributed by atoms with Crippen LogP contribution in [-0.2, 0) is 6.61 Å². The summed E-state index contributed by atoms with van der Waals surface area (Å²) in [6.07, 6.45) is 1.55. The summed E-state index contributed by atoms with van der Waals surface area (Å²) in [5, 5.41) is 22.0. The zero-order valence-corrected chi connectivity index (χ0v) is 9.37. The third-order valence-electron chi connectivity index (χ3n) is 2.45. The molecule has 18 heavy (non-hydrogen) atoms. The third kappa shape index (κ3) is 2.07. The van der Waals surface area contributed by atoms with Crippen LogP contribution in [0.1, 0.15) is 21.6 Å². The first-order valence-corrected chi connectivity index (χ1v) is 5.15. The van der Waals surface area contributed by atoms with Crippen LogP contribution in [0.25, 0.3) is 5.69 Å². The molecule has 3 N–H and O–H groups in total. The standard InChI is InChI=1S/C12H10N4O2/c13-6-9-5-8(7-17)1-2-11(9)16-4-3-10(15-16)12(14)18/h1-5,17H,7H2,(H2,14,18). The molecule has 6 nitrogen and oxygen atoms in total. The van der Waals surface area contributed by atoms with Crippen molar-refractivity contribution in [3.05, 3.63) is 47.3 Å². The molecular weight excluding hydrogens is 232 g/mol. The molecule has 0 saturated carbocycles. The largest absolute Gasteiger partial charge is 0.392 e. The number of amides is 1. The van der Waals surface area contributed by atoms with Crippen LogP contribution in [0.4, 0.5) is 0 Å². The lowest BCUT2D eigenvalue weighted by Gasteiger charge is -2.05. The van der Waals surface area contributed by atoms with Gasteiger partial charge in [-0.15, -0.1) is 0 Å². The number of primary amides is 1. The Morgan fingerprint density at radius 1 is 1.50 bits per heavy atom. The van der Waals surface area contributed by atoms with E-state index in [0.29, 0.717) is 16.8 Å². The fourth-order valence-electron chi connectivity index (χ4n) is 1.56. The van der Waals surface area contributed by atoms with Crippen LogP contribution < -0.4 is 5.73 Å². The van der Waals surface area contributed by atoms with Gasteiger partial charge in [0, 0.05) is 6.20 Å². The normalized spacial score (nSPS) is 10.0. The molecule has 1 amide bonds. The zero-order chi connectivity index (χ0) is 13.1. The van der Waals surface area contributed by atoms with Crippen LogP contribution in [-0.4, -0.2) is 20.8 Å². The molecule has 6 heteroatoms. The monoisotopic (exact) mass is 242 g/mol. The Hall–Kier alpha value is -2.65. The fourth-order valence-corrected chi connectivity index (χ4v) is 1.56. The summed E-state index contributed by atoms with van der Waals surface area (Å²) in [5.74, 6) is -0.626. The summed E-state index contributed by atoms with van der Waals surface area (Å²) in [4.78, 5) is 10.9. The number of benzene rings is 1. The molecule has 0 aliphatic rings. The smallest absolute Gasteiger partial charge is 0.269 e. The molecule has 0 fully saturated rings. The zero-order valence-electron chi connectivity index (χ0n) is 9.37. The number of carbonyl (C=O) groups excluding carboxylic acids is 1. The lowest BCUT2D eigenvalue weighted by Crippen LogP contribution is -2.12. The number of hydrogen-bond donors (Lipinski definition) is 2. The van der Waals surface area contributed by atoms with Gasteiger partial charge in [-0.1, -0.05) is 6.07 Å². The number of nitrogens with zero attached hydrogens (tertiary/aromatic N) is 3. The van der Waals surface area contributed by atoms with E-state index in [-0.39, 0.29) is 12.3 Å². The van der Waals surface area contributed by atoms with E-state index in [1.165, 1.54) is 10.7 Å². The molecule has 2 aromatic rings. The van der Waals surface area contributed by atoms with Gasteiger partial charge >= 0.3 is 0 Å². The van der Waals surface area contributed by atoms with Crippen molar-refractivity contribution in [3.63, 3.8) is 0 Å². The minimum Gasteiger partial charge on any atom is -0.392 e. The van der Waals surface area contributed by atoms with E-state index in [1.807, 2.05) is 6.07 Å². The quantitative estimate of drug-likeness (QED) is 0.809. The van der Waals surface area contributed by atoms with Gasteiger partial charge in [0.25, 0.3) is 5.91 Å². The molecule has 90 valence electrons. The number of aromatic nitrogens is 2. The van der Waals surface area contributed by atoms with Crippen molar-refractivity contribution in [2.75, 3.05) is 0 Å². The molecule has 1 aromatic heterocycles. The molecule has 0 saturated heterocycles. The summed E-state index contributed by atoms with van der Waals surface area (Å²) in [5.41, 5.74) is 6.77. The number of carbonyl (C=O) groups is 1. The van der Waals surface area contributed by atoms with Crippen molar-refractivity contribution < 1.29 is 9.90 Å². The maximum absolute atomic E-state index is 10.9. The van der Waals surface area contributed by atoms with Crippen molar-refractivity contribution >= 4 is 5.91 Å². The highest BCUT2D eigenvalue weighted by molar-refractivity contribution is 5.90. The second-order valence-electron chi connectivity index (χ2n) is 3.63. The summed E-state index contributed by atoms with van der Waals surface area (Å²) < 4.78 is 1.40. The molecule has 1 aromatic carbocycles. The predicted molar refractivity (Wildman–Crippen MR) is 62.7 cm³/mol. The van der Waals surface area contributed by atoms with E-state index < -0.39 is 5.91 Å². The number of aliphatic hydroxyl groups is 1. The molecule has 0 radical (unpaired) electrons. The first-order valence-electron chi connectivity index (χ1n) is 5.15. The van der Waals surface area contributed by atoms with Crippen LogP contribution in [0.3, 0.4) is 0 Å². The fraction of sp³-hybridized carbons (Fsp3) is 0.0833. The van der Waals surface area contributed by atoms with E-state index in [0.717, 1.165) is 0 Å². The van der Waals surface area contributed by atoms with Gasteiger partial charge < -0.3 is 10.8 Å². The number of nitriles is 1. The van der Waals surface area contributed by atoms with E-state index in [2.05, 4.69) is 5.10 Å². The van der Waals surface area contributed by atoms with Crippen LogP contribution in [0.15, 0.2) is 30.5 Å². The number of hydrogen-bond acceptors (Lipinski definition) is 4. The molecule has 0 bridgehead atoms. The van der Waals surface area contributed by atoms with E-state index in [9.17, 15) is 4.79 Å². The maximum atomic E-state index is 10.9. The molecule has 0 unspecified atom stereocenters. The lowest BCUT2D eigenvalue weighted by atomic mass is 10.1. The summed E-state index contributed by atoms with van der Waals surface area (Å²) >= 11 is 0. The van der Waals surface area contributed by atoms with E-state index in [4.69, 9.17) is 16.1 Å². The topological polar surface area (TPSA) is 105 Å². The SMILES string of the molecule is N#Cc1cc(CO)ccc1-n1ccc(C(N)=O)n1. The summed E-state index contributed by atoms with van der Waals surface area (Å²) in [6.45, 7) is -0.138. The highest BCUT2D eigenvalue weighted by Crippen LogP contribution is 2.16. The third-order valence-corrected chi connectivity index (χ3v) is 2.45. The van der Waals surface area contributed by atoms with Crippen molar-refractivity contribution in [1.82, 2.24) is 9.78 Å². The molecule has 0 aliphatic carbocycles. The average molecular weight is 242 g/mol. The van der Waals surface area contributed by atoms with Crippen LogP contribution in [0, 0.1) is 11.3 Å². The molecule has 0 spiro atoms. The van der Waals surface area contributed by atoms with Gasteiger partial charge in [0.1, 0.15) is 11.8 Å². The number of rotatable bonds is 3. The minimum atomic E-state index is -0.626. The predicted octanol–water partition coefficient (Wildman–Crippen LogP) is 0.335. The van der Waals surface area contributed by atoms with Gasteiger partial charge in [0.05, 0.1) is 17.9 Å². The molecule has 2 rings (SSSR count). The highest BCUT2D eigenvalue weighted by atomic mass is 16.3. The molecule has 0 atom stereocenters. The Labute approximate surface area is 103 Å². The van der Waals surface area contributed by atoms with Crippen molar-refractivity contribution in [2.45, 2.75) is 6.61 Å². The van der Waals surface area contributed by atoms with Gasteiger partial charge in [0.2, 0.25) is 0 Å². The Balaban J connectivity index is 2.50. The van der Waals surface area contributed by atoms with Gasteiger partial charge in [-0.2, -0.15) is 10.4 Å². The molecular formula is C12H10N4O2. The Bertz CT molecular complexity index is 640. The lowest BCUT2D eigenvalue weighted by molar-refractivity contribution is 0.0995. The van der Waals surface area contributed by atoms with Gasteiger partial charge in [-0.05, 0) is 23.8 Å². The van der Waals surface area contributed by atoms with Crippen molar-refractivity contribution in [2.24, 2.45) is 5.73 Å². The Kier molecular flexibility index (Phi) is 3.08. The van der Waals surface area contributed by atoms with Crippen molar-refractivity contribution in [3.8, 4) is 11.8 Å². The van der Waals surface area contributed by atoms with Crippen LogP contribution in [0.5, 0.6) is 0 Å². The van der Waals surface area contributed by atoms with E-state index >= 15 is 0 Å². The van der Waals surface area contributed by atoms with Gasteiger partial charge in [-0.3, -0.25) is 4.79 Å². The van der Waals surface area contributed by atoms with Crippen LogP contribution in [0.2, 0.25) is 0 Å². The Morgan fingerprint density at radius 2 is 2.28 bits per heavy atom. The first kappa shape index (κ1) is 11.8. The number of nitrogens with two attached hydrogens (primary N) is 1. The van der Waals surface area contributed by atoms with Gasteiger partial charge in [-0.25, -0.2) is 4.68 Å².